The van der Waals surface area contributed by atoms with Crippen LogP contribution < -0.4 is 5.32 Å². The lowest BCUT2D eigenvalue weighted by Crippen LogP contribution is -2.29. The fraction of sp³-hybridized carbons (Fsp3) is 0.500. The Morgan fingerprint density at radius 2 is 2.05 bits per heavy atom. The molecule has 2 N–H and O–H groups in total. The number of carboxylic acids is 1. The highest BCUT2D eigenvalue weighted by Crippen LogP contribution is 2.12. The van der Waals surface area contributed by atoms with Gasteiger partial charge in [-0.3, -0.25) is 4.79 Å². The second-order valence-corrected chi connectivity index (χ2v) is 5.03. The zero-order chi connectivity index (χ0) is 14.4. The van der Waals surface area contributed by atoms with Crippen LogP contribution in [0.1, 0.15) is 25.8 Å². The van der Waals surface area contributed by atoms with Crippen LogP contribution in [0.2, 0.25) is 0 Å². The standard InChI is InChI=1S/C14H19F2NO2/c1-9(2)5-11(14(18)19)8-17-7-10-6-12(15)3-4-13(10)16/h3-4,6,9,11,17H,5,7-8H2,1-2H3,(H,18,19). The summed E-state index contributed by atoms with van der Waals surface area (Å²) in [6.07, 6.45) is 0.550. The molecule has 0 saturated carbocycles. The third-order valence-corrected chi connectivity index (χ3v) is 2.82. The van der Waals surface area contributed by atoms with Crippen molar-refractivity contribution in [2.45, 2.75) is 26.8 Å². The van der Waals surface area contributed by atoms with Gasteiger partial charge in [0.2, 0.25) is 0 Å². The third-order valence-electron chi connectivity index (χ3n) is 2.82. The molecule has 0 fully saturated rings. The molecule has 5 heteroatoms. The van der Waals surface area contributed by atoms with Gasteiger partial charge >= 0.3 is 5.97 Å². The van der Waals surface area contributed by atoms with Crippen LogP contribution in [0.4, 0.5) is 8.78 Å². The Kier molecular flexibility index (Phi) is 5.89. The maximum atomic E-state index is 13.3. The molecule has 1 unspecified atom stereocenters. The number of aliphatic carboxylic acids is 1. The lowest BCUT2D eigenvalue weighted by atomic mass is 9.97. The van der Waals surface area contributed by atoms with E-state index < -0.39 is 23.5 Å². The Morgan fingerprint density at radius 3 is 2.63 bits per heavy atom. The van der Waals surface area contributed by atoms with E-state index in [0.717, 1.165) is 18.2 Å². The quantitative estimate of drug-likeness (QED) is 0.801. The van der Waals surface area contributed by atoms with Crippen molar-refractivity contribution in [3.8, 4) is 0 Å². The molecule has 1 aromatic carbocycles. The van der Waals surface area contributed by atoms with E-state index in [9.17, 15) is 13.6 Å². The van der Waals surface area contributed by atoms with Crippen LogP contribution in [0.5, 0.6) is 0 Å². The average molecular weight is 271 g/mol. The van der Waals surface area contributed by atoms with Crippen LogP contribution >= 0.6 is 0 Å². The van der Waals surface area contributed by atoms with Gasteiger partial charge in [0.15, 0.2) is 0 Å². The van der Waals surface area contributed by atoms with Crippen molar-refractivity contribution in [1.82, 2.24) is 5.32 Å². The lowest BCUT2D eigenvalue weighted by molar-refractivity contribution is -0.142. The molecule has 0 aliphatic heterocycles. The zero-order valence-corrected chi connectivity index (χ0v) is 11.1. The van der Waals surface area contributed by atoms with Crippen LogP contribution in [0.3, 0.4) is 0 Å². The van der Waals surface area contributed by atoms with Gasteiger partial charge in [0.1, 0.15) is 11.6 Å². The summed E-state index contributed by atoms with van der Waals surface area (Å²) >= 11 is 0. The highest BCUT2D eigenvalue weighted by atomic mass is 19.1. The van der Waals surface area contributed by atoms with Crippen molar-refractivity contribution in [2.24, 2.45) is 11.8 Å². The van der Waals surface area contributed by atoms with Crippen molar-refractivity contribution in [3.63, 3.8) is 0 Å². The van der Waals surface area contributed by atoms with Gasteiger partial charge in [-0.15, -0.1) is 0 Å². The summed E-state index contributed by atoms with van der Waals surface area (Å²) in [5, 5.41) is 11.9. The number of hydrogen-bond donors (Lipinski definition) is 2. The summed E-state index contributed by atoms with van der Waals surface area (Å²) in [4.78, 5) is 11.0. The van der Waals surface area contributed by atoms with Crippen LogP contribution in [-0.2, 0) is 11.3 Å². The predicted octanol–water partition coefficient (Wildman–Crippen LogP) is 2.80. The van der Waals surface area contributed by atoms with Crippen LogP contribution in [0, 0.1) is 23.5 Å². The average Bonchev–Trinajstić information content (AvgIpc) is 2.31. The Morgan fingerprint density at radius 1 is 1.37 bits per heavy atom. The number of carbonyl (C=O) groups is 1. The van der Waals surface area contributed by atoms with Crippen molar-refractivity contribution in [3.05, 3.63) is 35.4 Å². The number of carboxylic acid groups (broad SMARTS) is 1. The molecule has 1 rings (SSSR count). The molecule has 0 spiro atoms. The fourth-order valence-corrected chi connectivity index (χ4v) is 1.90. The van der Waals surface area contributed by atoms with Gasteiger partial charge in [-0.25, -0.2) is 8.78 Å². The van der Waals surface area contributed by atoms with Crippen molar-refractivity contribution < 1.29 is 18.7 Å². The molecule has 0 bridgehead atoms. The van der Waals surface area contributed by atoms with Gasteiger partial charge < -0.3 is 10.4 Å². The molecule has 1 atom stereocenters. The molecular formula is C14H19F2NO2. The minimum absolute atomic E-state index is 0.117. The molecule has 3 nitrogen and oxygen atoms in total. The number of benzene rings is 1. The first-order valence-corrected chi connectivity index (χ1v) is 6.27. The highest BCUT2D eigenvalue weighted by molar-refractivity contribution is 5.70. The van der Waals surface area contributed by atoms with E-state index in [1.165, 1.54) is 0 Å². The SMILES string of the molecule is CC(C)CC(CNCc1cc(F)ccc1F)C(=O)O. The van der Waals surface area contributed by atoms with E-state index in [2.05, 4.69) is 5.32 Å². The van der Waals surface area contributed by atoms with Crippen molar-refractivity contribution >= 4 is 5.97 Å². The molecule has 0 aliphatic rings. The third kappa shape index (κ3) is 5.34. The van der Waals surface area contributed by atoms with E-state index in [1.807, 2.05) is 13.8 Å². The monoisotopic (exact) mass is 271 g/mol. The van der Waals surface area contributed by atoms with E-state index in [4.69, 9.17) is 5.11 Å². The number of nitrogens with one attached hydrogen (secondary N) is 1. The van der Waals surface area contributed by atoms with E-state index in [1.54, 1.807) is 0 Å². The summed E-state index contributed by atoms with van der Waals surface area (Å²) in [6.45, 7) is 4.25. The molecule has 0 radical (unpaired) electrons. The molecule has 0 amide bonds. The Balaban J connectivity index is 2.52. The summed E-state index contributed by atoms with van der Waals surface area (Å²) in [6, 6.07) is 3.23. The maximum absolute atomic E-state index is 13.3. The van der Waals surface area contributed by atoms with E-state index in [0.29, 0.717) is 6.42 Å². The smallest absolute Gasteiger partial charge is 0.307 e. The Bertz CT molecular complexity index is 435. The second kappa shape index (κ2) is 7.19. The topological polar surface area (TPSA) is 49.3 Å². The molecule has 0 heterocycles. The van der Waals surface area contributed by atoms with Gasteiger partial charge in [0.05, 0.1) is 5.92 Å². The van der Waals surface area contributed by atoms with Crippen molar-refractivity contribution in [1.29, 1.82) is 0 Å². The number of hydrogen-bond acceptors (Lipinski definition) is 2. The second-order valence-electron chi connectivity index (χ2n) is 5.03. The van der Waals surface area contributed by atoms with E-state index in [-0.39, 0.29) is 24.6 Å². The molecule has 106 valence electrons. The summed E-state index contributed by atoms with van der Waals surface area (Å²) in [5.74, 6) is -2.12. The number of halogens is 2. The summed E-state index contributed by atoms with van der Waals surface area (Å²) in [5.41, 5.74) is 0.202. The largest absolute Gasteiger partial charge is 0.481 e. The van der Waals surface area contributed by atoms with Crippen LogP contribution in [-0.4, -0.2) is 17.6 Å². The minimum atomic E-state index is -0.874. The maximum Gasteiger partial charge on any atom is 0.307 e. The molecule has 1 aromatic rings. The zero-order valence-electron chi connectivity index (χ0n) is 11.1. The van der Waals surface area contributed by atoms with Gasteiger partial charge in [0.25, 0.3) is 0 Å². The van der Waals surface area contributed by atoms with Crippen molar-refractivity contribution in [2.75, 3.05) is 6.54 Å². The van der Waals surface area contributed by atoms with Crippen LogP contribution in [0.25, 0.3) is 0 Å². The van der Waals surface area contributed by atoms with Gasteiger partial charge in [0, 0.05) is 18.7 Å². The molecular weight excluding hydrogens is 252 g/mol. The van der Waals surface area contributed by atoms with Crippen LogP contribution in [0.15, 0.2) is 18.2 Å². The normalized spacial score (nSPS) is 12.7. The fourth-order valence-electron chi connectivity index (χ4n) is 1.90. The van der Waals surface area contributed by atoms with Gasteiger partial charge in [-0.05, 0) is 30.5 Å². The summed E-state index contributed by atoms with van der Waals surface area (Å²) in [7, 11) is 0. The predicted molar refractivity (Wildman–Crippen MR) is 68.6 cm³/mol. The van der Waals surface area contributed by atoms with Gasteiger partial charge in [-0.1, -0.05) is 13.8 Å². The Hall–Kier alpha value is -1.49. The molecule has 0 aliphatic carbocycles. The molecule has 19 heavy (non-hydrogen) atoms. The molecule has 0 saturated heterocycles. The number of rotatable bonds is 7. The summed E-state index contributed by atoms with van der Waals surface area (Å²) < 4.78 is 26.3. The van der Waals surface area contributed by atoms with Gasteiger partial charge in [-0.2, -0.15) is 0 Å². The first-order valence-electron chi connectivity index (χ1n) is 6.27. The first-order chi connectivity index (χ1) is 8.90. The highest BCUT2D eigenvalue weighted by Gasteiger charge is 2.18. The first kappa shape index (κ1) is 15.6. The van der Waals surface area contributed by atoms with E-state index >= 15 is 0 Å². The molecule has 0 aromatic heterocycles. The lowest BCUT2D eigenvalue weighted by Gasteiger charge is -2.15. The minimum Gasteiger partial charge on any atom is -0.481 e. The Labute approximate surface area is 111 Å².